The van der Waals surface area contributed by atoms with E-state index in [2.05, 4.69) is 4.90 Å². The molecule has 0 amide bonds. The smallest absolute Gasteiger partial charge is 0.0707 e. The minimum atomic E-state index is 0.203. The summed E-state index contributed by atoms with van der Waals surface area (Å²) in [6.07, 6.45) is 5.83. The molecule has 0 aromatic rings. The maximum absolute atomic E-state index is 6.00. The molecule has 2 N–H and O–H groups in total. The third kappa shape index (κ3) is 2.50. The Morgan fingerprint density at radius 1 is 1.24 bits per heavy atom. The van der Waals surface area contributed by atoms with Crippen molar-refractivity contribution in [3.8, 4) is 0 Å². The van der Waals surface area contributed by atoms with Gasteiger partial charge in [0.15, 0.2) is 0 Å². The average molecular weight is 240 g/mol. The minimum Gasteiger partial charge on any atom is -0.381 e. The van der Waals surface area contributed by atoms with Gasteiger partial charge in [0.2, 0.25) is 0 Å². The lowest BCUT2D eigenvalue weighted by Gasteiger charge is -2.42. The summed E-state index contributed by atoms with van der Waals surface area (Å²) in [7, 11) is 0. The Balaban J connectivity index is 1.61. The van der Waals surface area contributed by atoms with Gasteiger partial charge >= 0.3 is 0 Å². The van der Waals surface area contributed by atoms with E-state index in [-0.39, 0.29) is 5.41 Å². The predicted octanol–water partition coefficient (Wildman–Crippen LogP) is 0.605. The molecule has 0 aliphatic carbocycles. The van der Waals surface area contributed by atoms with Crippen molar-refractivity contribution >= 4 is 0 Å². The van der Waals surface area contributed by atoms with Crippen LogP contribution >= 0.6 is 0 Å². The van der Waals surface area contributed by atoms with Crippen LogP contribution in [0.3, 0.4) is 0 Å². The molecular weight excluding hydrogens is 216 g/mol. The Kier molecular flexibility index (Phi) is 3.39. The number of rotatable bonds is 3. The van der Waals surface area contributed by atoms with Gasteiger partial charge in [0.05, 0.1) is 18.8 Å². The van der Waals surface area contributed by atoms with Crippen molar-refractivity contribution < 1.29 is 9.47 Å². The van der Waals surface area contributed by atoms with Crippen LogP contribution in [0.5, 0.6) is 0 Å². The molecular formula is C13H24N2O2. The predicted molar refractivity (Wildman–Crippen MR) is 65.9 cm³/mol. The zero-order valence-corrected chi connectivity index (χ0v) is 10.6. The van der Waals surface area contributed by atoms with Gasteiger partial charge < -0.3 is 15.2 Å². The van der Waals surface area contributed by atoms with E-state index in [4.69, 9.17) is 15.2 Å². The lowest BCUT2D eigenvalue weighted by Crippen LogP contribution is -2.52. The SMILES string of the molecule is NCC1(CN2CC3CCC(C2)O3)CCCOC1. The van der Waals surface area contributed by atoms with Gasteiger partial charge in [-0.15, -0.1) is 0 Å². The molecule has 0 aromatic carbocycles. The van der Waals surface area contributed by atoms with Crippen LogP contribution in [0.15, 0.2) is 0 Å². The highest BCUT2D eigenvalue weighted by Gasteiger charge is 2.39. The molecule has 4 heteroatoms. The molecule has 4 nitrogen and oxygen atoms in total. The van der Waals surface area contributed by atoms with E-state index in [0.717, 1.165) is 45.8 Å². The third-order valence-electron chi connectivity index (χ3n) is 4.52. The number of nitrogens with zero attached hydrogens (tertiary/aromatic N) is 1. The van der Waals surface area contributed by atoms with E-state index in [9.17, 15) is 0 Å². The van der Waals surface area contributed by atoms with Gasteiger partial charge in [-0.3, -0.25) is 4.90 Å². The molecule has 3 saturated heterocycles. The van der Waals surface area contributed by atoms with Crippen molar-refractivity contribution in [2.24, 2.45) is 11.1 Å². The molecule has 0 saturated carbocycles. The number of hydrogen-bond donors (Lipinski definition) is 1. The van der Waals surface area contributed by atoms with Crippen LogP contribution in [0, 0.1) is 5.41 Å². The molecule has 3 aliphatic rings. The van der Waals surface area contributed by atoms with Crippen LogP contribution in [0.2, 0.25) is 0 Å². The van der Waals surface area contributed by atoms with Crippen LogP contribution in [-0.4, -0.2) is 56.5 Å². The van der Waals surface area contributed by atoms with Crippen molar-refractivity contribution in [2.45, 2.75) is 37.9 Å². The molecule has 3 atom stereocenters. The summed E-state index contributed by atoms with van der Waals surface area (Å²) in [5, 5.41) is 0. The molecule has 0 radical (unpaired) electrons. The average Bonchev–Trinajstić information content (AvgIpc) is 2.70. The first-order valence-corrected chi connectivity index (χ1v) is 6.95. The van der Waals surface area contributed by atoms with Crippen molar-refractivity contribution in [3.63, 3.8) is 0 Å². The summed E-state index contributed by atoms with van der Waals surface area (Å²) in [5.41, 5.74) is 6.21. The highest BCUT2D eigenvalue weighted by molar-refractivity contribution is 4.91. The normalized spacial score (nSPS) is 42.9. The van der Waals surface area contributed by atoms with Crippen molar-refractivity contribution in [3.05, 3.63) is 0 Å². The van der Waals surface area contributed by atoms with Gasteiger partial charge in [0, 0.05) is 38.2 Å². The van der Waals surface area contributed by atoms with Crippen molar-refractivity contribution in [1.82, 2.24) is 4.90 Å². The number of likely N-dealkylation sites (tertiary alicyclic amines) is 1. The maximum atomic E-state index is 6.00. The number of morpholine rings is 1. The third-order valence-corrected chi connectivity index (χ3v) is 4.52. The van der Waals surface area contributed by atoms with Crippen LogP contribution in [0.25, 0.3) is 0 Å². The zero-order valence-electron chi connectivity index (χ0n) is 10.6. The highest BCUT2D eigenvalue weighted by Crippen LogP contribution is 2.32. The molecule has 0 aromatic heterocycles. The highest BCUT2D eigenvalue weighted by atomic mass is 16.5. The van der Waals surface area contributed by atoms with Gasteiger partial charge in [-0.1, -0.05) is 0 Å². The molecule has 3 fully saturated rings. The lowest BCUT2D eigenvalue weighted by molar-refractivity contribution is -0.0726. The maximum Gasteiger partial charge on any atom is 0.0707 e. The van der Waals surface area contributed by atoms with Gasteiger partial charge in [0.1, 0.15) is 0 Å². The Hall–Kier alpha value is -0.160. The number of fused-ring (bicyclic) bond motifs is 2. The number of hydrogen-bond acceptors (Lipinski definition) is 4. The second-order valence-corrected chi connectivity index (χ2v) is 6.01. The van der Waals surface area contributed by atoms with E-state index in [0.29, 0.717) is 12.2 Å². The molecule has 3 rings (SSSR count). The van der Waals surface area contributed by atoms with E-state index >= 15 is 0 Å². The Labute approximate surface area is 103 Å². The summed E-state index contributed by atoms with van der Waals surface area (Å²) < 4.78 is 11.5. The van der Waals surface area contributed by atoms with Gasteiger partial charge in [-0.25, -0.2) is 0 Å². The van der Waals surface area contributed by atoms with Crippen LogP contribution in [0.1, 0.15) is 25.7 Å². The minimum absolute atomic E-state index is 0.203. The largest absolute Gasteiger partial charge is 0.381 e. The number of nitrogens with two attached hydrogens (primary N) is 1. The van der Waals surface area contributed by atoms with Gasteiger partial charge in [-0.2, -0.15) is 0 Å². The molecule has 17 heavy (non-hydrogen) atoms. The Bertz CT molecular complexity index is 254. The van der Waals surface area contributed by atoms with Gasteiger partial charge in [0.25, 0.3) is 0 Å². The quantitative estimate of drug-likeness (QED) is 0.785. The standard InChI is InChI=1S/C13H24N2O2/c14-8-13(4-1-5-16-10-13)9-15-6-11-2-3-12(7-15)17-11/h11-12H,1-10,14H2. The summed E-state index contributed by atoms with van der Waals surface area (Å²) in [4.78, 5) is 2.56. The summed E-state index contributed by atoms with van der Waals surface area (Å²) in [6, 6.07) is 0. The Morgan fingerprint density at radius 3 is 2.59 bits per heavy atom. The fourth-order valence-corrected chi connectivity index (χ4v) is 3.56. The first-order valence-electron chi connectivity index (χ1n) is 6.95. The molecule has 3 aliphatic heterocycles. The molecule has 3 unspecified atom stereocenters. The Morgan fingerprint density at radius 2 is 2.00 bits per heavy atom. The zero-order chi connectivity index (χ0) is 11.7. The summed E-state index contributed by atoms with van der Waals surface area (Å²) in [6.45, 7) is 5.79. The van der Waals surface area contributed by atoms with Crippen molar-refractivity contribution in [2.75, 3.05) is 39.4 Å². The number of ether oxygens (including phenoxy) is 2. The van der Waals surface area contributed by atoms with E-state index in [1.54, 1.807) is 0 Å². The first-order chi connectivity index (χ1) is 8.30. The molecule has 0 spiro atoms. The molecule has 3 heterocycles. The second-order valence-electron chi connectivity index (χ2n) is 6.01. The monoisotopic (exact) mass is 240 g/mol. The van der Waals surface area contributed by atoms with E-state index < -0.39 is 0 Å². The topological polar surface area (TPSA) is 47.7 Å². The summed E-state index contributed by atoms with van der Waals surface area (Å²) >= 11 is 0. The second kappa shape index (κ2) is 4.84. The van der Waals surface area contributed by atoms with Crippen LogP contribution in [-0.2, 0) is 9.47 Å². The van der Waals surface area contributed by atoms with E-state index in [1.807, 2.05) is 0 Å². The fourth-order valence-electron chi connectivity index (χ4n) is 3.56. The van der Waals surface area contributed by atoms with Crippen molar-refractivity contribution in [1.29, 1.82) is 0 Å². The molecule has 98 valence electrons. The molecule has 2 bridgehead atoms. The van der Waals surface area contributed by atoms with Crippen LogP contribution < -0.4 is 5.73 Å². The van der Waals surface area contributed by atoms with Gasteiger partial charge in [-0.05, 0) is 25.7 Å². The fraction of sp³-hybridized carbons (Fsp3) is 1.00. The van der Waals surface area contributed by atoms with E-state index in [1.165, 1.54) is 19.3 Å². The first kappa shape index (κ1) is 11.9. The lowest BCUT2D eigenvalue weighted by atomic mass is 9.82. The summed E-state index contributed by atoms with van der Waals surface area (Å²) in [5.74, 6) is 0. The van der Waals surface area contributed by atoms with Crippen LogP contribution in [0.4, 0.5) is 0 Å².